The Hall–Kier alpha value is -0.560. The molecule has 2 rings (SSSR count). The zero-order chi connectivity index (χ0) is 8.77. The fourth-order valence-electron chi connectivity index (χ4n) is 1.44. The average molecular weight is 185 g/mol. The molecule has 0 radical (unpaired) electrons. The second kappa shape index (κ2) is 2.46. The molecule has 12 heavy (non-hydrogen) atoms. The van der Waals surface area contributed by atoms with Crippen molar-refractivity contribution in [3.63, 3.8) is 0 Å². The largest absolute Gasteiger partial charge is 0.207 e. The van der Waals surface area contributed by atoms with Gasteiger partial charge in [0.1, 0.15) is 5.82 Å². The summed E-state index contributed by atoms with van der Waals surface area (Å²) >= 11 is 5.65. The third-order valence-corrected chi connectivity index (χ3v) is 2.82. The van der Waals surface area contributed by atoms with Crippen LogP contribution in [0.4, 0.5) is 4.39 Å². The van der Waals surface area contributed by atoms with E-state index in [1.807, 2.05) is 0 Å². The minimum absolute atomic E-state index is 0.0919. The fourth-order valence-corrected chi connectivity index (χ4v) is 1.59. The lowest BCUT2D eigenvalue weighted by atomic mass is 9.98. The van der Waals surface area contributed by atoms with Crippen LogP contribution >= 0.6 is 11.6 Å². The van der Waals surface area contributed by atoms with Gasteiger partial charge >= 0.3 is 0 Å². The number of hydrogen-bond acceptors (Lipinski definition) is 0. The van der Waals surface area contributed by atoms with E-state index in [1.165, 1.54) is 6.07 Å². The highest BCUT2D eigenvalue weighted by Crippen LogP contribution is 2.48. The molecular formula is C10H10ClF. The molecule has 0 aromatic heterocycles. The molecule has 0 aliphatic heterocycles. The second-order valence-electron chi connectivity index (χ2n) is 3.68. The summed E-state index contributed by atoms with van der Waals surface area (Å²) in [5, 5.41) is 0.473. The van der Waals surface area contributed by atoms with Crippen LogP contribution in [0.25, 0.3) is 0 Å². The Labute approximate surface area is 76.4 Å². The summed E-state index contributed by atoms with van der Waals surface area (Å²) in [7, 11) is 0. The topological polar surface area (TPSA) is 0 Å². The van der Waals surface area contributed by atoms with Crippen molar-refractivity contribution in [2.45, 2.75) is 25.2 Å². The molecule has 1 aromatic rings. The Bertz CT molecular complexity index is 316. The van der Waals surface area contributed by atoms with Gasteiger partial charge in [0, 0.05) is 5.02 Å². The first kappa shape index (κ1) is 8.06. The smallest absolute Gasteiger partial charge is 0.128 e. The Balaban J connectivity index is 2.45. The van der Waals surface area contributed by atoms with Crippen LogP contribution in [0.15, 0.2) is 18.2 Å². The van der Waals surface area contributed by atoms with E-state index in [2.05, 4.69) is 6.92 Å². The predicted molar refractivity (Wildman–Crippen MR) is 48.0 cm³/mol. The molecule has 0 nitrogen and oxygen atoms in total. The van der Waals surface area contributed by atoms with Gasteiger partial charge in [0.15, 0.2) is 0 Å². The molecule has 0 unspecified atom stereocenters. The molecule has 1 aliphatic rings. The van der Waals surface area contributed by atoms with Gasteiger partial charge in [-0.2, -0.15) is 0 Å². The normalized spacial score (nSPS) is 19.2. The molecule has 1 aromatic carbocycles. The first-order valence-electron chi connectivity index (χ1n) is 4.07. The van der Waals surface area contributed by atoms with Gasteiger partial charge in [-0.15, -0.1) is 0 Å². The Morgan fingerprint density at radius 3 is 2.58 bits per heavy atom. The van der Waals surface area contributed by atoms with Gasteiger partial charge in [0.05, 0.1) is 0 Å². The minimum atomic E-state index is -0.164. The lowest BCUT2D eigenvalue weighted by Gasteiger charge is -2.09. The molecule has 0 spiro atoms. The van der Waals surface area contributed by atoms with Crippen molar-refractivity contribution in [2.75, 3.05) is 0 Å². The van der Waals surface area contributed by atoms with Crippen molar-refractivity contribution in [3.8, 4) is 0 Å². The number of rotatable bonds is 1. The third-order valence-electron chi connectivity index (χ3n) is 2.58. The molecule has 1 aliphatic carbocycles. The second-order valence-corrected chi connectivity index (χ2v) is 4.12. The van der Waals surface area contributed by atoms with E-state index in [0.717, 1.165) is 18.4 Å². The summed E-state index contributed by atoms with van der Waals surface area (Å²) in [5.41, 5.74) is 0.904. The van der Waals surface area contributed by atoms with Gasteiger partial charge in [0.25, 0.3) is 0 Å². The van der Waals surface area contributed by atoms with Crippen LogP contribution in [0.1, 0.15) is 25.3 Å². The quantitative estimate of drug-likeness (QED) is 0.627. The maximum atomic E-state index is 13.3. The van der Waals surface area contributed by atoms with Crippen LogP contribution in [-0.4, -0.2) is 0 Å². The van der Waals surface area contributed by atoms with Crippen LogP contribution in [0.3, 0.4) is 0 Å². The molecule has 1 fully saturated rings. The summed E-state index contributed by atoms with van der Waals surface area (Å²) < 4.78 is 13.3. The van der Waals surface area contributed by atoms with Crippen LogP contribution < -0.4 is 0 Å². The zero-order valence-corrected chi connectivity index (χ0v) is 7.66. The van der Waals surface area contributed by atoms with Crippen molar-refractivity contribution < 1.29 is 4.39 Å². The van der Waals surface area contributed by atoms with E-state index in [0.29, 0.717) is 5.02 Å². The van der Waals surface area contributed by atoms with Gasteiger partial charge in [-0.05, 0) is 36.0 Å². The van der Waals surface area contributed by atoms with Crippen LogP contribution in [0, 0.1) is 5.82 Å². The lowest BCUT2D eigenvalue weighted by Crippen LogP contribution is -2.02. The molecule has 0 N–H and O–H groups in total. The van der Waals surface area contributed by atoms with E-state index in [9.17, 15) is 4.39 Å². The zero-order valence-electron chi connectivity index (χ0n) is 6.90. The van der Waals surface area contributed by atoms with Gasteiger partial charge in [-0.3, -0.25) is 0 Å². The van der Waals surface area contributed by atoms with Gasteiger partial charge in [-0.1, -0.05) is 24.6 Å². The van der Waals surface area contributed by atoms with Crippen LogP contribution in [0.5, 0.6) is 0 Å². The van der Waals surface area contributed by atoms with Gasteiger partial charge < -0.3 is 0 Å². The van der Waals surface area contributed by atoms with E-state index < -0.39 is 0 Å². The summed E-state index contributed by atoms with van der Waals surface area (Å²) in [6.07, 6.45) is 2.18. The van der Waals surface area contributed by atoms with Crippen LogP contribution in [-0.2, 0) is 5.41 Å². The summed E-state index contributed by atoms with van der Waals surface area (Å²) in [5.74, 6) is -0.164. The van der Waals surface area contributed by atoms with E-state index in [1.54, 1.807) is 12.1 Å². The first-order chi connectivity index (χ1) is 5.62. The molecule has 0 amide bonds. The Morgan fingerprint density at radius 1 is 1.42 bits per heavy atom. The van der Waals surface area contributed by atoms with E-state index in [-0.39, 0.29) is 11.2 Å². The summed E-state index contributed by atoms with van der Waals surface area (Å²) in [6.45, 7) is 2.08. The molecule has 1 saturated carbocycles. The number of benzene rings is 1. The van der Waals surface area contributed by atoms with Crippen LogP contribution in [0.2, 0.25) is 5.02 Å². The molecule has 2 heteroatoms. The standard InChI is InChI=1S/C10H10ClF/c1-10(4-5-10)8-3-2-7(11)6-9(8)12/h2-3,6H,4-5H2,1H3. The highest BCUT2D eigenvalue weighted by atomic mass is 35.5. The molecule has 0 heterocycles. The van der Waals surface area contributed by atoms with Crippen molar-refractivity contribution in [3.05, 3.63) is 34.6 Å². The average Bonchev–Trinajstić information content (AvgIpc) is 2.68. The first-order valence-corrected chi connectivity index (χ1v) is 4.45. The summed E-state index contributed by atoms with van der Waals surface area (Å²) in [4.78, 5) is 0. The summed E-state index contributed by atoms with van der Waals surface area (Å²) in [6, 6.07) is 4.94. The van der Waals surface area contributed by atoms with Crippen molar-refractivity contribution >= 4 is 11.6 Å². The SMILES string of the molecule is CC1(c2ccc(Cl)cc2F)CC1. The highest BCUT2D eigenvalue weighted by Gasteiger charge is 2.40. The predicted octanol–water partition coefficient (Wildman–Crippen LogP) is 3.53. The Kier molecular flexibility index (Phi) is 1.65. The lowest BCUT2D eigenvalue weighted by molar-refractivity contribution is 0.586. The van der Waals surface area contributed by atoms with E-state index >= 15 is 0 Å². The van der Waals surface area contributed by atoms with Gasteiger partial charge in [0.2, 0.25) is 0 Å². The van der Waals surface area contributed by atoms with Crippen molar-refractivity contribution in [1.82, 2.24) is 0 Å². The van der Waals surface area contributed by atoms with Gasteiger partial charge in [-0.25, -0.2) is 4.39 Å². The fraction of sp³-hybridized carbons (Fsp3) is 0.400. The maximum absolute atomic E-state index is 13.3. The number of hydrogen-bond donors (Lipinski definition) is 0. The molecular weight excluding hydrogens is 175 g/mol. The minimum Gasteiger partial charge on any atom is -0.207 e. The number of halogens is 2. The molecule has 64 valence electrons. The Morgan fingerprint density at radius 2 is 2.08 bits per heavy atom. The molecule has 0 saturated heterocycles. The molecule has 0 atom stereocenters. The third kappa shape index (κ3) is 1.22. The van der Waals surface area contributed by atoms with Crippen molar-refractivity contribution in [1.29, 1.82) is 0 Å². The monoisotopic (exact) mass is 184 g/mol. The maximum Gasteiger partial charge on any atom is 0.128 e. The van der Waals surface area contributed by atoms with E-state index in [4.69, 9.17) is 11.6 Å². The molecule has 0 bridgehead atoms. The van der Waals surface area contributed by atoms with Crippen molar-refractivity contribution in [2.24, 2.45) is 0 Å². The highest BCUT2D eigenvalue weighted by molar-refractivity contribution is 6.30.